The molecule has 3 N–H and O–H groups in total. The zero-order chi connectivity index (χ0) is 13.7. The predicted molar refractivity (Wildman–Crippen MR) is 67.0 cm³/mol. The van der Waals surface area contributed by atoms with E-state index in [9.17, 15) is 15.0 Å². The van der Waals surface area contributed by atoms with Gasteiger partial charge in [0.15, 0.2) is 0 Å². The van der Waals surface area contributed by atoms with Crippen LogP contribution in [0.15, 0.2) is 6.07 Å². The number of aromatic carboxylic acids is 1. The molecule has 1 atom stereocenters. The summed E-state index contributed by atoms with van der Waals surface area (Å²) in [5.41, 5.74) is 1.73. The van der Waals surface area contributed by atoms with E-state index in [2.05, 4.69) is 10.3 Å². The molecule has 1 aromatic heterocycles. The Labute approximate surface area is 106 Å². The molecule has 6 heteroatoms. The van der Waals surface area contributed by atoms with Crippen molar-refractivity contribution in [3.8, 4) is 0 Å². The molecule has 0 aromatic carbocycles. The molecule has 1 rings (SSSR count). The van der Waals surface area contributed by atoms with E-state index in [4.69, 9.17) is 4.74 Å². The number of aromatic nitrogens is 1. The first kappa shape index (κ1) is 14.4. The van der Waals surface area contributed by atoms with Gasteiger partial charge in [-0.2, -0.15) is 0 Å². The van der Waals surface area contributed by atoms with E-state index >= 15 is 0 Å². The van der Waals surface area contributed by atoms with Gasteiger partial charge in [0.1, 0.15) is 5.56 Å². The molecule has 0 amide bonds. The topological polar surface area (TPSA) is 91.7 Å². The summed E-state index contributed by atoms with van der Waals surface area (Å²) in [6.45, 7) is 3.57. The van der Waals surface area contributed by atoms with Crippen molar-refractivity contribution in [3.63, 3.8) is 0 Å². The number of carboxylic acids is 1. The second kappa shape index (κ2) is 6.32. The standard InChI is InChI=1S/C12H18N2O4/c1-7-4-10(14-9(5-15)6-18-3)11(12(16)17)8(2)13-7/h4,9,15H,5-6H2,1-3H3,(H,13,14)(H,16,17). The van der Waals surface area contributed by atoms with Gasteiger partial charge in [0, 0.05) is 12.8 Å². The van der Waals surface area contributed by atoms with Crippen molar-refractivity contribution < 1.29 is 19.7 Å². The average molecular weight is 254 g/mol. The van der Waals surface area contributed by atoms with Crippen molar-refractivity contribution in [3.05, 3.63) is 23.0 Å². The number of hydrogen-bond donors (Lipinski definition) is 3. The summed E-state index contributed by atoms with van der Waals surface area (Å²) >= 11 is 0. The minimum Gasteiger partial charge on any atom is -0.478 e. The van der Waals surface area contributed by atoms with Gasteiger partial charge in [0.05, 0.1) is 30.6 Å². The number of methoxy groups -OCH3 is 1. The van der Waals surface area contributed by atoms with Crippen molar-refractivity contribution in [1.82, 2.24) is 4.98 Å². The van der Waals surface area contributed by atoms with Gasteiger partial charge in [-0.3, -0.25) is 4.98 Å². The van der Waals surface area contributed by atoms with E-state index in [0.717, 1.165) is 0 Å². The maximum atomic E-state index is 11.2. The fourth-order valence-electron chi connectivity index (χ4n) is 1.77. The number of nitrogens with one attached hydrogen (secondary N) is 1. The number of aliphatic hydroxyl groups excluding tert-OH is 1. The number of ether oxygens (including phenoxy) is 1. The Morgan fingerprint density at radius 3 is 2.72 bits per heavy atom. The zero-order valence-electron chi connectivity index (χ0n) is 10.7. The molecule has 0 spiro atoms. The van der Waals surface area contributed by atoms with Gasteiger partial charge in [0.25, 0.3) is 0 Å². The number of rotatable bonds is 6. The summed E-state index contributed by atoms with van der Waals surface area (Å²) in [7, 11) is 1.52. The van der Waals surface area contributed by atoms with E-state index in [1.807, 2.05) is 0 Å². The minimum atomic E-state index is -1.04. The maximum Gasteiger partial charge on any atom is 0.339 e. The van der Waals surface area contributed by atoms with Gasteiger partial charge in [-0.25, -0.2) is 4.79 Å². The molecule has 0 aliphatic rings. The first-order valence-electron chi connectivity index (χ1n) is 5.57. The molecule has 0 saturated carbocycles. The summed E-state index contributed by atoms with van der Waals surface area (Å²) in [4.78, 5) is 15.3. The fourth-order valence-corrected chi connectivity index (χ4v) is 1.77. The lowest BCUT2D eigenvalue weighted by Gasteiger charge is -2.19. The molecule has 1 heterocycles. The smallest absolute Gasteiger partial charge is 0.339 e. The van der Waals surface area contributed by atoms with Crippen LogP contribution < -0.4 is 5.32 Å². The quantitative estimate of drug-likeness (QED) is 0.696. The Morgan fingerprint density at radius 1 is 1.56 bits per heavy atom. The van der Waals surface area contributed by atoms with Crippen LogP contribution in [0.5, 0.6) is 0 Å². The van der Waals surface area contributed by atoms with Gasteiger partial charge in [-0.15, -0.1) is 0 Å². The summed E-state index contributed by atoms with van der Waals surface area (Å²) in [6.07, 6.45) is 0. The van der Waals surface area contributed by atoms with E-state index in [0.29, 0.717) is 17.1 Å². The molecule has 0 aliphatic carbocycles. The van der Waals surface area contributed by atoms with Crippen LogP contribution in [0.3, 0.4) is 0 Å². The van der Waals surface area contributed by atoms with Crippen LogP contribution in [0.2, 0.25) is 0 Å². The van der Waals surface area contributed by atoms with Gasteiger partial charge in [0.2, 0.25) is 0 Å². The normalized spacial score (nSPS) is 12.2. The molecule has 0 saturated heterocycles. The molecule has 1 aromatic rings. The first-order chi connectivity index (χ1) is 8.49. The fraction of sp³-hybridized carbons (Fsp3) is 0.500. The van der Waals surface area contributed by atoms with E-state index in [1.165, 1.54) is 7.11 Å². The van der Waals surface area contributed by atoms with Gasteiger partial charge in [-0.1, -0.05) is 0 Å². The summed E-state index contributed by atoms with van der Waals surface area (Å²) in [5.74, 6) is -1.04. The van der Waals surface area contributed by atoms with Crippen LogP contribution in [0.4, 0.5) is 5.69 Å². The Morgan fingerprint density at radius 2 is 2.22 bits per heavy atom. The van der Waals surface area contributed by atoms with E-state index in [-0.39, 0.29) is 24.8 Å². The second-order valence-corrected chi connectivity index (χ2v) is 4.06. The minimum absolute atomic E-state index is 0.121. The highest BCUT2D eigenvalue weighted by molar-refractivity contribution is 5.95. The SMILES string of the molecule is COCC(CO)Nc1cc(C)nc(C)c1C(=O)O. The molecule has 0 fully saturated rings. The molecule has 0 aliphatic heterocycles. The number of carbonyl (C=O) groups is 1. The lowest BCUT2D eigenvalue weighted by atomic mass is 10.1. The molecule has 0 bridgehead atoms. The van der Waals surface area contributed by atoms with E-state index in [1.54, 1.807) is 19.9 Å². The van der Waals surface area contributed by atoms with Crippen molar-refractivity contribution >= 4 is 11.7 Å². The third-order valence-corrected chi connectivity index (χ3v) is 2.49. The molecule has 6 nitrogen and oxygen atoms in total. The lowest BCUT2D eigenvalue weighted by molar-refractivity contribution is 0.0696. The average Bonchev–Trinajstić information content (AvgIpc) is 2.26. The number of aliphatic hydroxyl groups is 1. The molecular formula is C12H18N2O4. The van der Waals surface area contributed by atoms with Gasteiger partial charge in [-0.05, 0) is 19.9 Å². The largest absolute Gasteiger partial charge is 0.478 e. The van der Waals surface area contributed by atoms with E-state index < -0.39 is 5.97 Å². The number of nitrogens with zero attached hydrogens (tertiary/aromatic N) is 1. The monoisotopic (exact) mass is 254 g/mol. The number of anilines is 1. The zero-order valence-corrected chi connectivity index (χ0v) is 10.7. The number of hydrogen-bond acceptors (Lipinski definition) is 5. The Bertz CT molecular complexity index is 434. The third-order valence-electron chi connectivity index (χ3n) is 2.49. The molecule has 0 radical (unpaired) electrons. The highest BCUT2D eigenvalue weighted by atomic mass is 16.5. The number of carboxylic acid groups (broad SMARTS) is 1. The predicted octanol–water partition coefficient (Wildman–Crippen LogP) is 0.816. The Hall–Kier alpha value is -1.66. The van der Waals surface area contributed by atoms with Crippen LogP contribution in [-0.2, 0) is 4.74 Å². The van der Waals surface area contributed by atoms with Gasteiger partial charge >= 0.3 is 5.97 Å². The number of pyridine rings is 1. The first-order valence-corrected chi connectivity index (χ1v) is 5.57. The number of aryl methyl sites for hydroxylation is 2. The van der Waals surface area contributed by atoms with Crippen molar-refractivity contribution in [2.45, 2.75) is 19.9 Å². The molecule has 100 valence electrons. The third kappa shape index (κ3) is 3.41. The lowest BCUT2D eigenvalue weighted by Crippen LogP contribution is -2.30. The Kier molecular flexibility index (Phi) is 5.06. The summed E-state index contributed by atoms with van der Waals surface area (Å²) in [6, 6.07) is 1.30. The van der Waals surface area contributed by atoms with Gasteiger partial charge < -0.3 is 20.3 Å². The van der Waals surface area contributed by atoms with Crippen LogP contribution >= 0.6 is 0 Å². The maximum absolute atomic E-state index is 11.2. The van der Waals surface area contributed by atoms with Crippen molar-refractivity contribution in [1.29, 1.82) is 0 Å². The molecule has 18 heavy (non-hydrogen) atoms. The molecule has 1 unspecified atom stereocenters. The van der Waals surface area contributed by atoms with Crippen LogP contribution in [0.1, 0.15) is 21.7 Å². The highest BCUT2D eigenvalue weighted by Crippen LogP contribution is 2.20. The highest BCUT2D eigenvalue weighted by Gasteiger charge is 2.17. The summed E-state index contributed by atoms with van der Waals surface area (Å²) < 4.78 is 4.94. The second-order valence-electron chi connectivity index (χ2n) is 4.06. The van der Waals surface area contributed by atoms with Crippen LogP contribution in [0, 0.1) is 13.8 Å². The van der Waals surface area contributed by atoms with Crippen LogP contribution in [0.25, 0.3) is 0 Å². The summed E-state index contributed by atoms with van der Waals surface area (Å²) in [5, 5.41) is 21.3. The van der Waals surface area contributed by atoms with Crippen molar-refractivity contribution in [2.24, 2.45) is 0 Å². The van der Waals surface area contributed by atoms with Crippen LogP contribution in [-0.4, -0.2) is 47.5 Å². The van der Waals surface area contributed by atoms with Crippen molar-refractivity contribution in [2.75, 3.05) is 25.6 Å². The Balaban J connectivity index is 3.09. The molecular weight excluding hydrogens is 236 g/mol.